The van der Waals surface area contributed by atoms with E-state index in [-0.39, 0.29) is 23.8 Å². The fourth-order valence-corrected chi connectivity index (χ4v) is 6.19. The zero-order valence-corrected chi connectivity index (χ0v) is 27.3. The van der Waals surface area contributed by atoms with Crippen molar-refractivity contribution in [1.82, 2.24) is 5.32 Å². The molecule has 11 nitrogen and oxygen atoms in total. The van der Waals surface area contributed by atoms with Gasteiger partial charge >= 0.3 is 12.1 Å². The first kappa shape index (κ1) is 33.8. The number of rotatable bonds is 4. The fraction of sp³-hybridized carbons (Fsp3) is 0.594. The number of nitrogens with zero attached hydrogens (tertiary/aromatic N) is 1. The Labute approximate surface area is 263 Å². The summed E-state index contributed by atoms with van der Waals surface area (Å²) < 4.78 is 28.8. The quantitative estimate of drug-likeness (QED) is 0.366. The van der Waals surface area contributed by atoms with Crippen LogP contribution in [0.2, 0.25) is 5.02 Å². The summed E-state index contributed by atoms with van der Waals surface area (Å²) in [6.45, 7) is 8.95. The van der Waals surface area contributed by atoms with Crippen LogP contribution >= 0.6 is 11.6 Å². The number of carbonyl (C=O) groups excluding carboxylic acids is 3. The molecule has 0 saturated carbocycles. The number of hydrogen-bond donors (Lipinski definition) is 2. The predicted molar refractivity (Wildman–Crippen MR) is 164 cm³/mol. The molecular weight excluding hydrogens is 592 g/mol. The lowest BCUT2D eigenvalue weighted by Gasteiger charge is -2.42. The Morgan fingerprint density at radius 1 is 1.25 bits per heavy atom. The summed E-state index contributed by atoms with van der Waals surface area (Å²) in [4.78, 5) is 40.7. The highest BCUT2D eigenvalue weighted by atomic mass is 35.5. The second kappa shape index (κ2) is 13.1. The van der Waals surface area contributed by atoms with Gasteiger partial charge in [0.25, 0.3) is 0 Å². The number of aliphatic hydroxyl groups is 1. The van der Waals surface area contributed by atoms with Crippen molar-refractivity contribution in [3.8, 4) is 5.75 Å². The van der Waals surface area contributed by atoms with E-state index in [0.717, 1.165) is 11.1 Å². The summed E-state index contributed by atoms with van der Waals surface area (Å²) in [5.74, 6) is -1.30. The molecule has 3 aliphatic heterocycles. The Kier molecular flexibility index (Phi) is 10.0. The van der Waals surface area contributed by atoms with Gasteiger partial charge in [-0.2, -0.15) is 0 Å². The lowest BCUT2D eigenvalue weighted by molar-refractivity contribution is -0.157. The Bertz CT molecular complexity index is 1350. The monoisotopic (exact) mass is 634 g/mol. The predicted octanol–water partition coefficient (Wildman–Crippen LogP) is 4.32. The second-order valence-electron chi connectivity index (χ2n) is 12.4. The number of halogens is 1. The van der Waals surface area contributed by atoms with E-state index in [2.05, 4.69) is 5.32 Å². The largest absolute Gasteiger partial charge is 0.495 e. The summed E-state index contributed by atoms with van der Waals surface area (Å²) in [7, 11) is 4.56. The van der Waals surface area contributed by atoms with Crippen LogP contribution in [-0.2, 0) is 35.0 Å². The minimum absolute atomic E-state index is 0.00361. The van der Waals surface area contributed by atoms with E-state index < -0.39 is 59.6 Å². The van der Waals surface area contributed by atoms with Crippen LogP contribution in [-0.4, -0.2) is 80.1 Å². The van der Waals surface area contributed by atoms with Gasteiger partial charge in [-0.1, -0.05) is 56.2 Å². The van der Waals surface area contributed by atoms with Crippen LogP contribution < -0.4 is 15.0 Å². The standard InChI is InChI=1S/C32H43ClN2O9/c1-17(2)29(37)43-25-15-26(36)35(6)21-13-20(14-22(40-7)27(21)33)12-18(3)10-9-11-24(41-8)32(39)16-23(42-30(38)34-32)19(4)28-31(25,5)44-28/h9-11,13-14,17,19,23-25,28,39H,12,15-16H2,1-8H3,(H,34,38)/b11-9+,18-10-/t19-,23-,24-,25+,28-,31+,32+/m1/s1. The van der Waals surface area contributed by atoms with Crippen LogP contribution in [0, 0.1) is 11.8 Å². The van der Waals surface area contributed by atoms with Crippen LogP contribution in [0.4, 0.5) is 10.5 Å². The molecule has 12 heteroatoms. The Morgan fingerprint density at radius 3 is 2.59 bits per heavy atom. The number of allylic oxidation sites excluding steroid dienone is 3. The van der Waals surface area contributed by atoms with E-state index in [0.29, 0.717) is 17.9 Å². The lowest BCUT2D eigenvalue weighted by Crippen LogP contribution is -2.63. The van der Waals surface area contributed by atoms with Gasteiger partial charge in [-0.25, -0.2) is 4.79 Å². The fourth-order valence-electron chi connectivity index (χ4n) is 5.88. The number of alkyl carbamates (subject to hydrolysis) is 1. The van der Waals surface area contributed by atoms with Gasteiger partial charge < -0.3 is 33.7 Å². The first-order valence-electron chi connectivity index (χ1n) is 14.7. The maximum atomic E-state index is 13.8. The molecule has 0 spiro atoms. The maximum absolute atomic E-state index is 13.8. The minimum Gasteiger partial charge on any atom is -0.495 e. The number of hydrogen-bond acceptors (Lipinski definition) is 9. The van der Waals surface area contributed by atoms with E-state index in [4.69, 9.17) is 35.3 Å². The molecule has 2 amide bonds. The number of anilines is 1. The summed E-state index contributed by atoms with van der Waals surface area (Å²) in [6, 6.07) is 3.63. The Morgan fingerprint density at radius 2 is 1.95 bits per heavy atom. The van der Waals surface area contributed by atoms with Crippen LogP contribution in [0.5, 0.6) is 5.75 Å². The highest BCUT2D eigenvalue weighted by Gasteiger charge is 2.64. The molecule has 2 N–H and O–H groups in total. The first-order valence-corrected chi connectivity index (χ1v) is 15.1. The van der Waals surface area contributed by atoms with Gasteiger partial charge in [0.05, 0.1) is 31.2 Å². The van der Waals surface area contributed by atoms with Crippen LogP contribution in [0.3, 0.4) is 0 Å². The number of esters is 1. The highest BCUT2D eigenvalue weighted by molar-refractivity contribution is 6.35. The molecule has 1 aromatic carbocycles. The van der Waals surface area contributed by atoms with E-state index in [1.807, 2.05) is 32.1 Å². The zero-order valence-electron chi connectivity index (χ0n) is 26.5. The van der Waals surface area contributed by atoms with Crippen LogP contribution in [0.25, 0.3) is 0 Å². The topological polar surface area (TPSA) is 136 Å². The number of amides is 2. The van der Waals surface area contributed by atoms with Crippen molar-refractivity contribution in [1.29, 1.82) is 0 Å². The van der Waals surface area contributed by atoms with Crippen LogP contribution in [0.1, 0.15) is 53.0 Å². The maximum Gasteiger partial charge on any atom is 0.409 e. The molecule has 7 atom stereocenters. The molecule has 3 aliphatic rings. The Hall–Kier alpha value is -3.12. The number of nitrogens with one attached hydrogen (secondary N) is 1. The normalized spacial score (nSPS) is 34.7. The smallest absolute Gasteiger partial charge is 0.409 e. The average molecular weight is 635 g/mol. The molecule has 0 unspecified atom stereocenters. The highest BCUT2D eigenvalue weighted by Crippen LogP contribution is 2.49. The van der Waals surface area contributed by atoms with E-state index in [1.165, 1.54) is 19.1 Å². The lowest BCUT2D eigenvalue weighted by atomic mass is 9.83. The summed E-state index contributed by atoms with van der Waals surface area (Å²) >= 11 is 6.68. The van der Waals surface area contributed by atoms with Crippen molar-refractivity contribution >= 4 is 35.3 Å². The number of epoxide rings is 1. The van der Waals surface area contributed by atoms with Crippen molar-refractivity contribution in [3.63, 3.8) is 0 Å². The third-order valence-corrected chi connectivity index (χ3v) is 9.06. The molecule has 2 saturated heterocycles. The number of ether oxygens (including phenoxy) is 5. The Balaban J connectivity index is 1.80. The van der Waals surface area contributed by atoms with Gasteiger partial charge in [0.2, 0.25) is 5.91 Å². The molecule has 2 fully saturated rings. The molecule has 0 aliphatic carbocycles. The molecular formula is C32H43ClN2O9. The van der Waals surface area contributed by atoms with Crippen molar-refractivity contribution < 1.29 is 43.2 Å². The third kappa shape index (κ3) is 6.91. The van der Waals surface area contributed by atoms with Crippen molar-refractivity contribution in [3.05, 3.63) is 46.5 Å². The van der Waals surface area contributed by atoms with E-state index >= 15 is 0 Å². The number of methoxy groups -OCH3 is 2. The summed E-state index contributed by atoms with van der Waals surface area (Å²) in [5, 5.41) is 14.4. The minimum atomic E-state index is -1.77. The summed E-state index contributed by atoms with van der Waals surface area (Å²) in [6.07, 6.45) is 1.65. The molecule has 3 heterocycles. The van der Waals surface area contributed by atoms with Gasteiger partial charge in [0.15, 0.2) is 5.72 Å². The van der Waals surface area contributed by atoms with Crippen molar-refractivity contribution in [2.45, 2.75) is 89.6 Å². The van der Waals surface area contributed by atoms with Gasteiger partial charge in [0.1, 0.15) is 34.7 Å². The van der Waals surface area contributed by atoms with Gasteiger partial charge in [0, 0.05) is 26.5 Å². The second-order valence-corrected chi connectivity index (χ2v) is 12.8. The molecule has 1 aromatic rings. The molecule has 0 aromatic heterocycles. The average Bonchev–Trinajstić information content (AvgIpc) is 3.66. The molecule has 4 bridgehead atoms. The molecule has 44 heavy (non-hydrogen) atoms. The number of benzene rings is 1. The molecule has 4 rings (SSSR count). The van der Waals surface area contributed by atoms with E-state index in [1.54, 1.807) is 40.0 Å². The number of fused-ring (bicyclic) bond motifs is 5. The van der Waals surface area contributed by atoms with Crippen LogP contribution in [0.15, 0.2) is 35.9 Å². The van der Waals surface area contributed by atoms with Gasteiger partial charge in [-0.3, -0.25) is 14.9 Å². The van der Waals surface area contributed by atoms with Crippen molar-refractivity contribution in [2.24, 2.45) is 11.8 Å². The number of carbonyl (C=O) groups is 3. The van der Waals surface area contributed by atoms with Gasteiger partial charge in [-0.15, -0.1) is 0 Å². The molecule has 0 radical (unpaired) electrons. The van der Waals surface area contributed by atoms with E-state index in [9.17, 15) is 19.5 Å². The van der Waals surface area contributed by atoms with Gasteiger partial charge in [-0.05, 0) is 38.0 Å². The first-order chi connectivity index (χ1) is 20.6. The zero-order chi connectivity index (χ0) is 32.6. The van der Waals surface area contributed by atoms with Crippen molar-refractivity contribution in [2.75, 3.05) is 26.2 Å². The molecule has 242 valence electrons. The third-order valence-electron chi connectivity index (χ3n) is 8.68. The summed E-state index contributed by atoms with van der Waals surface area (Å²) in [5.41, 5.74) is -0.587. The SMILES string of the molecule is COc1cc2cc(c1Cl)N(C)C(=O)C[C@H](OC(=O)C(C)C)[C@]1(C)O[C@@H]1[C@H](C)[C@H]1C[C@@](O)(NC(=O)O1)[C@H](OC)/C=C/C=C(/C)C2.